The second-order valence-corrected chi connectivity index (χ2v) is 7.66. The monoisotopic (exact) mass is 361 g/mol. The first-order valence-corrected chi connectivity index (χ1v) is 9.82. The Hall–Kier alpha value is -1.82. The fourth-order valence-electron chi connectivity index (χ4n) is 2.39. The zero-order valence-corrected chi connectivity index (χ0v) is 16.2. The molecule has 25 heavy (non-hydrogen) atoms. The van der Waals surface area contributed by atoms with Crippen LogP contribution in [-0.2, 0) is 11.3 Å². The number of aromatic nitrogens is 2. The largest absolute Gasteiger partial charge is 0.353 e. The second-order valence-electron chi connectivity index (χ2n) is 6.72. The number of para-hydroxylation sites is 1. The van der Waals surface area contributed by atoms with Gasteiger partial charge in [0.1, 0.15) is 0 Å². The Kier molecular flexibility index (Phi) is 7.05. The Morgan fingerprint density at radius 3 is 2.68 bits per heavy atom. The number of carbonyl (C=O) groups excluding carboxylic acids is 1. The van der Waals surface area contributed by atoms with Crippen LogP contribution in [0.1, 0.15) is 40.5 Å². The molecule has 0 radical (unpaired) electrons. The van der Waals surface area contributed by atoms with Gasteiger partial charge in [0.2, 0.25) is 5.91 Å². The van der Waals surface area contributed by atoms with Gasteiger partial charge in [0.05, 0.1) is 16.7 Å². The SMILES string of the molecule is CCC(C)NC(=O)CSc1nc2ccccc2c(=O)n1CCC(C)C. The molecule has 136 valence electrons. The number of nitrogens with zero attached hydrogens (tertiary/aromatic N) is 2. The highest BCUT2D eigenvalue weighted by Crippen LogP contribution is 2.18. The number of benzene rings is 1. The molecule has 1 aromatic heterocycles. The Bertz CT molecular complexity index is 786. The van der Waals surface area contributed by atoms with Crippen molar-refractivity contribution in [3.05, 3.63) is 34.6 Å². The molecule has 2 rings (SSSR count). The highest BCUT2D eigenvalue weighted by Gasteiger charge is 2.14. The summed E-state index contributed by atoms with van der Waals surface area (Å²) in [5.74, 6) is 0.721. The average Bonchev–Trinajstić information content (AvgIpc) is 2.59. The van der Waals surface area contributed by atoms with Gasteiger partial charge in [-0.1, -0.05) is 44.7 Å². The quantitative estimate of drug-likeness (QED) is 0.578. The standard InChI is InChI=1S/C19H27N3O2S/c1-5-14(4)20-17(23)12-25-19-21-16-9-7-6-8-15(16)18(24)22(19)11-10-13(2)3/h6-9,13-14H,5,10-12H2,1-4H3,(H,20,23). The van der Waals surface area contributed by atoms with Crippen LogP contribution in [0.25, 0.3) is 10.9 Å². The number of hydrogen-bond acceptors (Lipinski definition) is 4. The lowest BCUT2D eigenvalue weighted by Crippen LogP contribution is -2.33. The van der Waals surface area contributed by atoms with Crippen molar-refractivity contribution in [3.63, 3.8) is 0 Å². The Morgan fingerprint density at radius 1 is 1.28 bits per heavy atom. The van der Waals surface area contributed by atoms with Crippen LogP contribution in [-0.4, -0.2) is 27.3 Å². The average molecular weight is 362 g/mol. The van der Waals surface area contributed by atoms with Gasteiger partial charge in [-0.3, -0.25) is 14.2 Å². The third-order valence-corrected chi connectivity index (χ3v) is 5.09. The van der Waals surface area contributed by atoms with Gasteiger partial charge in [-0.25, -0.2) is 4.98 Å². The van der Waals surface area contributed by atoms with Gasteiger partial charge in [0.25, 0.3) is 5.56 Å². The van der Waals surface area contributed by atoms with Gasteiger partial charge in [-0.05, 0) is 37.8 Å². The van der Waals surface area contributed by atoms with E-state index in [0.717, 1.165) is 12.8 Å². The lowest BCUT2D eigenvalue weighted by Gasteiger charge is -2.15. The van der Waals surface area contributed by atoms with E-state index < -0.39 is 0 Å². The number of fused-ring (bicyclic) bond motifs is 1. The summed E-state index contributed by atoms with van der Waals surface area (Å²) in [5, 5.41) is 4.19. The first kappa shape index (κ1) is 19.5. The molecule has 0 fully saturated rings. The summed E-state index contributed by atoms with van der Waals surface area (Å²) >= 11 is 1.33. The topological polar surface area (TPSA) is 64.0 Å². The number of hydrogen-bond donors (Lipinski definition) is 1. The predicted molar refractivity (Wildman–Crippen MR) is 104 cm³/mol. The van der Waals surface area contributed by atoms with E-state index in [-0.39, 0.29) is 23.3 Å². The van der Waals surface area contributed by atoms with E-state index in [1.54, 1.807) is 10.6 Å². The van der Waals surface area contributed by atoms with Crippen molar-refractivity contribution >= 4 is 28.6 Å². The number of nitrogens with one attached hydrogen (secondary N) is 1. The molecule has 5 nitrogen and oxygen atoms in total. The van der Waals surface area contributed by atoms with E-state index in [2.05, 4.69) is 24.1 Å². The van der Waals surface area contributed by atoms with Gasteiger partial charge in [0.15, 0.2) is 5.16 Å². The Morgan fingerprint density at radius 2 is 2.00 bits per heavy atom. The molecule has 0 spiro atoms. The summed E-state index contributed by atoms with van der Waals surface area (Å²) in [6.07, 6.45) is 1.79. The predicted octanol–water partition coefficient (Wildman–Crippen LogP) is 3.45. The number of thioether (sulfide) groups is 1. The highest BCUT2D eigenvalue weighted by molar-refractivity contribution is 7.99. The zero-order chi connectivity index (χ0) is 18.4. The van der Waals surface area contributed by atoms with Gasteiger partial charge in [-0.15, -0.1) is 0 Å². The first-order valence-electron chi connectivity index (χ1n) is 8.84. The maximum absolute atomic E-state index is 12.8. The van der Waals surface area contributed by atoms with Crippen LogP contribution in [0.15, 0.2) is 34.2 Å². The van der Waals surface area contributed by atoms with E-state index in [1.165, 1.54) is 11.8 Å². The highest BCUT2D eigenvalue weighted by atomic mass is 32.2. The van der Waals surface area contributed by atoms with Crippen molar-refractivity contribution in [2.75, 3.05) is 5.75 Å². The molecule has 1 heterocycles. The van der Waals surface area contributed by atoms with E-state index in [9.17, 15) is 9.59 Å². The van der Waals surface area contributed by atoms with Crippen LogP contribution >= 0.6 is 11.8 Å². The molecule has 1 atom stereocenters. The molecular weight excluding hydrogens is 334 g/mol. The molecule has 0 aliphatic rings. The van der Waals surface area contributed by atoms with Crippen LogP contribution in [0.4, 0.5) is 0 Å². The molecule has 1 unspecified atom stereocenters. The summed E-state index contributed by atoms with van der Waals surface area (Å²) < 4.78 is 1.71. The lowest BCUT2D eigenvalue weighted by atomic mass is 10.1. The van der Waals surface area contributed by atoms with Crippen LogP contribution in [0.5, 0.6) is 0 Å². The maximum atomic E-state index is 12.8. The fourth-order valence-corrected chi connectivity index (χ4v) is 3.23. The van der Waals surface area contributed by atoms with Crippen molar-refractivity contribution in [2.24, 2.45) is 5.92 Å². The zero-order valence-electron chi connectivity index (χ0n) is 15.4. The van der Waals surface area contributed by atoms with Crippen LogP contribution < -0.4 is 10.9 Å². The normalized spacial score (nSPS) is 12.5. The van der Waals surface area contributed by atoms with E-state index in [0.29, 0.717) is 28.5 Å². The van der Waals surface area contributed by atoms with Crippen molar-refractivity contribution in [1.82, 2.24) is 14.9 Å². The molecule has 1 amide bonds. The fraction of sp³-hybridized carbons (Fsp3) is 0.526. The Labute approximate surface area is 153 Å². The number of carbonyl (C=O) groups is 1. The van der Waals surface area contributed by atoms with Gasteiger partial charge in [-0.2, -0.15) is 0 Å². The molecule has 0 aliphatic heterocycles. The van der Waals surface area contributed by atoms with Gasteiger partial charge in [0, 0.05) is 12.6 Å². The summed E-state index contributed by atoms with van der Waals surface area (Å²) in [7, 11) is 0. The second kappa shape index (κ2) is 9.04. The molecule has 0 saturated carbocycles. The van der Waals surface area contributed by atoms with Crippen molar-refractivity contribution in [2.45, 2.75) is 58.3 Å². The minimum atomic E-state index is -0.0314. The number of rotatable bonds is 8. The summed E-state index contributed by atoms with van der Waals surface area (Å²) in [4.78, 5) is 29.5. The number of amides is 1. The van der Waals surface area contributed by atoms with E-state index >= 15 is 0 Å². The molecule has 1 aromatic carbocycles. The Balaban J connectivity index is 2.28. The third-order valence-electron chi connectivity index (χ3n) is 4.11. The molecule has 0 bridgehead atoms. The smallest absolute Gasteiger partial charge is 0.262 e. The molecule has 0 aliphatic carbocycles. The summed E-state index contributed by atoms with van der Waals surface area (Å²) in [6.45, 7) is 8.89. The van der Waals surface area contributed by atoms with Crippen LogP contribution in [0.3, 0.4) is 0 Å². The first-order chi connectivity index (χ1) is 11.9. The van der Waals surface area contributed by atoms with Gasteiger partial charge < -0.3 is 5.32 Å². The lowest BCUT2D eigenvalue weighted by molar-refractivity contribution is -0.119. The maximum Gasteiger partial charge on any atom is 0.262 e. The van der Waals surface area contributed by atoms with Gasteiger partial charge >= 0.3 is 0 Å². The van der Waals surface area contributed by atoms with Crippen molar-refractivity contribution in [3.8, 4) is 0 Å². The molecule has 6 heteroatoms. The van der Waals surface area contributed by atoms with E-state index in [4.69, 9.17) is 0 Å². The minimum Gasteiger partial charge on any atom is -0.353 e. The van der Waals surface area contributed by atoms with Crippen molar-refractivity contribution in [1.29, 1.82) is 0 Å². The molecule has 1 N–H and O–H groups in total. The van der Waals surface area contributed by atoms with Crippen LogP contribution in [0.2, 0.25) is 0 Å². The minimum absolute atomic E-state index is 0.0304. The summed E-state index contributed by atoms with van der Waals surface area (Å²) in [5.41, 5.74) is 0.647. The third kappa shape index (κ3) is 5.33. The summed E-state index contributed by atoms with van der Waals surface area (Å²) in [6, 6.07) is 7.52. The molecular formula is C19H27N3O2S. The van der Waals surface area contributed by atoms with Crippen LogP contribution in [0, 0.1) is 5.92 Å². The van der Waals surface area contributed by atoms with Crippen molar-refractivity contribution < 1.29 is 4.79 Å². The molecule has 0 saturated heterocycles. The van der Waals surface area contributed by atoms with E-state index in [1.807, 2.05) is 32.0 Å². The molecule has 2 aromatic rings.